The van der Waals surface area contributed by atoms with Crippen molar-refractivity contribution in [2.24, 2.45) is 5.41 Å². The third-order valence-electron chi connectivity index (χ3n) is 1.66. The topological polar surface area (TPSA) is 46.6 Å². The first-order valence-corrected chi connectivity index (χ1v) is 4.62. The molecule has 0 aliphatic carbocycles. The first-order valence-electron chi connectivity index (χ1n) is 4.62. The van der Waals surface area contributed by atoms with Crippen LogP contribution in [-0.4, -0.2) is 37.5 Å². The Balaban J connectivity index is 3.76. The summed E-state index contributed by atoms with van der Waals surface area (Å²) in [5, 5.41) is 0. The molecule has 1 amide bonds. The normalized spacial score (nSPS) is 10.9. The second-order valence-corrected chi connectivity index (χ2v) is 4.42. The molecule has 0 aliphatic rings. The number of esters is 1. The molecule has 0 aliphatic heterocycles. The van der Waals surface area contributed by atoms with E-state index in [0.29, 0.717) is 0 Å². The lowest BCUT2D eigenvalue weighted by atomic mass is 9.97. The molecular weight excluding hydrogens is 182 g/mol. The summed E-state index contributed by atoms with van der Waals surface area (Å²) in [6, 6.07) is 0. The van der Waals surface area contributed by atoms with Crippen LogP contribution in [0, 0.1) is 5.41 Å². The number of nitrogens with zero attached hydrogens (tertiary/aromatic N) is 1. The van der Waals surface area contributed by atoms with E-state index in [0.717, 1.165) is 0 Å². The Morgan fingerprint density at radius 3 is 2.07 bits per heavy atom. The predicted molar refractivity (Wildman–Crippen MR) is 53.7 cm³/mol. The number of carbonyl (C=O) groups excluding carboxylic acids is 2. The van der Waals surface area contributed by atoms with E-state index in [-0.39, 0.29) is 24.9 Å². The van der Waals surface area contributed by atoms with E-state index >= 15 is 0 Å². The molecule has 0 fully saturated rings. The molecule has 4 heteroatoms. The molecule has 0 aromatic rings. The molecular formula is C10H19NO3. The van der Waals surface area contributed by atoms with Crippen LogP contribution < -0.4 is 0 Å². The molecule has 0 rings (SSSR count). The Morgan fingerprint density at radius 2 is 1.71 bits per heavy atom. The van der Waals surface area contributed by atoms with Crippen LogP contribution in [0.4, 0.5) is 0 Å². The number of carbonyl (C=O) groups is 2. The lowest BCUT2D eigenvalue weighted by Crippen LogP contribution is -2.27. The fourth-order valence-corrected chi connectivity index (χ4v) is 0.671. The molecule has 0 saturated carbocycles. The van der Waals surface area contributed by atoms with E-state index in [2.05, 4.69) is 0 Å². The van der Waals surface area contributed by atoms with Crippen molar-refractivity contribution in [3.8, 4) is 0 Å². The molecule has 0 spiro atoms. The van der Waals surface area contributed by atoms with Crippen LogP contribution in [0.3, 0.4) is 0 Å². The van der Waals surface area contributed by atoms with E-state index in [1.54, 1.807) is 34.9 Å². The molecule has 0 radical (unpaired) electrons. The molecule has 0 aromatic heterocycles. The Bertz CT molecular complexity index is 216. The van der Waals surface area contributed by atoms with Gasteiger partial charge in [-0.2, -0.15) is 0 Å². The molecule has 0 N–H and O–H groups in total. The molecule has 14 heavy (non-hydrogen) atoms. The van der Waals surface area contributed by atoms with Gasteiger partial charge in [-0.3, -0.25) is 9.59 Å². The molecule has 0 saturated heterocycles. The quantitative estimate of drug-likeness (QED) is 0.641. The van der Waals surface area contributed by atoms with Gasteiger partial charge in [0.25, 0.3) is 0 Å². The minimum Gasteiger partial charge on any atom is -0.465 e. The standard InChI is InChI=1S/C10H19NO3/c1-10(2,3)9(13)14-7-6-8(12)11(4)5/h6-7H2,1-5H3. The minimum atomic E-state index is -0.499. The van der Waals surface area contributed by atoms with E-state index in [9.17, 15) is 9.59 Å². The summed E-state index contributed by atoms with van der Waals surface area (Å²) in [5.41, 5.74) is -0.499. The smallest absolute Gasteiger partial charge is 0.311 e. The average molecular weight is 201 g/mol. The van der Waals surface area contributed by atoms with Crippen LogP contribution in [-0.2, 0) is 14.3 Å². The van der Waals surface area contributed by atoms with Gasteiger partial charge in [-0.15, -0.1) is 0 Å². The van der Waals surface area contributed by atoms with Gasteiger partial charge in [-0.05, 0) is 20.8 Å². The fourth-order valence-electron chi connectivity index (χ4n) is 0.671. The number of amides is 1. The van der Waals surface area contributed by atoms with E-state index in [4.69, 9.17) is 4.74 Å². The number of ether oxygens (including phenoxy) is 1. The van der Waals surface area contributed by atoms with E-state index < -0.39 is 5.41 Å². The number of rotatable bonds is 3. The first kappa shape index (κ1) is 12.9. The lowest BCUT2D eigenvalue weighted by molar-refractivity contribution is -0.153. The highest BCUT2D eigenvalue weighted by Gasteiger charge is 2.23. The van der Waals surface area contributed by atoms with Crippen LogP contribution in [0.15, 0.2) is 0 Å². The Hall–Kier alpha value is -1.06. The zero-order valence-electron chi connectivity index (χ0n) is 9.59. The largest absolute Gasteiger partial charge is 0.465 e. The molecule has 0 bridgehead atoms. The van der Waals surface area contributed by atoms with Crippen LogP contribution in [0.5, 0.6) is 0 Å². The summed E-state index contributed by atoms with van der Waals surface area (Å²) in [6.07, 6.45) is 0.245. The van der Waals surface area contributed by atoms with E-state index in [1.165, 1.54) is 4.90 Å². The average Bonchev–Trinajstić information content (AvgIpc) is 2.01. The maximum Gasteiger partial charge on any atom is 0.311 e. The van der Waals surface area contributed by atoms with Gasteiger partial charge in [0.2, 0.25) is 5.91 Å². The van der Waals surface area contributed by atoms with Crippen LogP contribution in [0.2, 0.25) is 0 Å². The highest BCUT2D eigenvalue weighted by atomic mass is 16.5. The van der Waals surface area contributed by atoms with Gasteiger partial charge in [0.05, 0.1) is 11.8 Å². The predicted octanol–water partition coefficient (Wildman–Crippen LogP) is 1.05. The second-order valence-electron chi connectivity index (χ2n) is 4.42. The fraction of sp³-hybridized carbons (Fsp3) is 0.800. The summed E-state index contributed by atoms with van der Waals surface area (Å²) in [7, 11) is 3.35. The van der Waals surface area contributed by atoms with Crippen molar-refractivity contribution in [3.05, 3.63) is 0 Å². The zero-order valence-corrected chi connectivity index (χ0v) is 9.59. The summed E-state index contributed by atoms with van der Waals surface area (Å²) in [4.78, 5) is 23.9. The molecule has 0 aromatic carbocycles. The maximum atomic E-state index is 11.3. The van der Waals surface area contributed by atoms with Gasteiger partial charge in [-0.25, -0.2) is 0 Å². The zero-order chi connectivity index (χ0) is 11.4. The Labute approximate surface area is 85.2 Å². The monoisotopic (exact) mass is 201 g/mol. The van der Waals surface area contributed by atoms with Gasteiger partial charge >= 0.3 is 5.97 Å². The van der Waals surface area contributed by atoms with Crippen molar-refractivity contribution < 1.29 is 14.3 Å². The minimum absolute atomic E-state index is 0.0355. The SMILES string of the molecule is CN(C)C(=O)CCOC(=O)C(C)(C)C. The lowest BCUT2D eigenvalue weighted by Gasteiger charge is -2.17. The van der Waals surface area contributed by atoms with Gasteiger partial charge in [0.1, 0.15) is 6.61 Å². The van der Waals surface area contributed by atoms with Crippen molar-refractivity contribution in [2.45, 2.75) is 27.2 Å². The molecule has 82 valence electrons. The highest BCUT2D eigenvalue weighted by molar-refractivity contribution is 5.77. The molecule has 0 unspecified atom stereocenters. The first-order chi connectivity index (χ1) is 6.25. The van der Waals surface area contributed by atoms with Crippen LogP contribution >= 0.6 is 0 Å². The second kappa shape index (κ2) is 4.98. The van der Waals surface area contributed by atoms with Crippen molar-refractivity contribution in [2.75, 3.05) is 20.7 Å². The Morgan fingerprint density at radius 1 is 1.21 bits per heavy atom. The van der Waals surface area contributed by atoms with Crippen molar-refractivity contribution >= 4 is 11.9 Å². The number of hydrogen-bond acceptors (Lipinski definition) is 3. The summed E-state index contributed by atoms with van der Waals surface area (Å²) < 4.78 is 4.94. The maximum absolute atomic E-state index is 11.3. The van der Waals surface area contributed by atoms with Crippen molar-refractivity contribution in [1.29, 1.82) is 0 Å². The van der Waals surface area contributed by atoms with Crippen molar-refractivity contribution in [1.82, 2.24) is 4.90 Å². The molecule has 0 atom stereocenters. The third kappa shape index (κ3) is 4.84. The van der Waals surface area contributed by atoms with Crippen LogP contribution in [0.1, 0.15) is 27.2 Å². The summed E-state index contributed by atoms with van der Waals surface area (Å²) in [6.45, 7) is 5.50. The highest BCUT2D eigenvalue weighted by Crippen LogP contribution is 2.14. The van der Waals surface area contributed by atoms with Crippen LogP contribution in [0.25, 0.3) is 0 Å². The molecule has 4 nitrogen and oxygen atoms in total. The van der Waals surface area contributed by atoms with Gasteiger partial charge in [0, 0.05) is 14.1 Å². The summed E-state index contributed by atoms with van der Waals surface area (Å²) in [5.74, 6) is -0.309. The number of hydrogen-bond donors (Lipinski definition) is 0. The Kier molecular flexibility index (Phi) is 4.60. The van der Waals surface area contributed by atoms with Gasteiger partial charge < -0.3 is 9.64 Å². The van der Waals surface area contributed by atoms with Gasteiger partial charge in [0.15, 0.2) is 0 Å². The third-order valence-corrected chi connectivity index (χ3v) is 1.66. The van der Waals surface area contributed by atoms with Crippen molar-refractivity contribution in [3.63, 3.8) is 0 Å². The van der Waals surface area contributed by atoms with Gasteiger partial charge in [-0.1, -0.05) is 0 Å². The van der Waals surface area contributed by atoms with E-state index in [1.807, 2.05) is 0 Å². The summed E-state index contributed by atoms with van der Waals surface area (Å²) >= 11 is 0. The molecule has 0 heterocycles.